The Hall–Kier alpha value is -4.60. The van der Waals surface area contributed by atoms with E-state index in [0.717, 1.165) is 60.5 Å². The van der Waals surface area contributed by atoms with Crippen LogP contribution >= 0.6 is 0 Å². The van der Waals surface area contributed by atoms with Crippen molar-refractivity contribution in [3.05, 3.63) is 121 Å². The van der Waals surface area contributed by atoms with Gasteiger partial charge in [-0.05, 0) is 47.0 Å². The number of pyridine rings is 3. The Kier molecular flexibility index (Phi) is 6.52. The van der Waals surface area contributed by atoms with Crippen molar-refractivity contribution in [3.8, 4) is 22.8 Å². The third-order valence-corrected chi connectivity index (χ3v) is 7.85. The summed E-state index contributed by atoms with van der Waals surface area (Å²) in [5.74, 6) is 1.21. The van der Waals surface area contributed by atoms with E-state index in [1.54, 1.807) is 0 Å². The largest absolute Gasteiger partial charge is 2.00 e. The van der Waals surface area contributed by atoms with Gasteiger partial charge >= 0.3 is 21.1 Å². The van der Waals surface area contributed by atoms with E-state index in [2.05, 4.69) is 85.8 Å². The fourth-order valence-corrected chi connectivity index (χ4v) is 5.71. The number of aromatic nitrogens is 4. The molecule has 6 heteroatoms. The zero-order valence-corrected chi connectivity index (χ0v) is 26.1. The topological polar surface area (TPSA) is 52.3 Å². The van der Waals surface area contributed by atoms with Crippen molar-refractivity contribution in [3.63, 3.8) is 0 Å². The first-order valence-corrected chi connectivity index (χ1v) is 14.0. The van der Waals surface area contributed by atoms with E-state index < -0.39 is 0 Å². The van der Waals surface area contributed by atoms with Crippen LogP contribution in [0.25, 0.3) is 60.5 Å². The second-order valence-corrected chi connectivity index (χ2v) is 11.6. The molecule has 0 aliphatic heterocycles. The number of hydrogen-bond donors (Lipinski definition) is 0. The van der Waals surface area contributed by atoms with Crippen LogP contribution in [-0.2, 0) is 26.5 Å². The normalized spacial score (nSPS) is 11.9. The maximum absolute atomic E-state index is 6.60. The summed E-state index contributed by atoms with van der Waals surface area (Å²) in [5.41, 5.74) is 7.66. The van der Waals surface area contributed by atoms with Crippen LogP contribution in [0.3, 0.4) is 0 Å². The maximum atomic E-state index is 6.60. The molecule has 0 saturated heterocycles. The molecule has 210 valence electrons. The van der Waals surface area contributed by atoms with Crippen LogP contribution in [0.5, 0.6) is 11.5 Å². The molecule has 0 aliphatic carbocycles. The first-order valence-electron chi connectivity index (χ1n) is 14.0. The van der Waals surface area contributed by atoms with Gasteiger partial charge in [0.05, 0.1) is 33.5 Å². The zero-order chi connectivity index (χ0) is 28.4. The maximum Gasteiger partial charge on any atom is 2.00 e. The van der Waals surface area contributed by atoms with Crippen LogP contribution in [0.2, 0.25) is 0 Å². The number of ether oxygens (including phenoxy) is 1. The fourth-order valence-electron chi connectivity index (χ4n) is 5.71. The number of para-hydroxylation sites is 2. The summed E-state index contributed by atoms with van der Waals surface area (Å²) in [6.07, 6.45) is 3.70. The zero-order valence-electron chi connectivity index (χ0n) is 23.8. The van der Waals surface area contributed by atoms with Gasteiger partial charge in [-0.3, -0.25) is 9.97 Å². The van der Waals surface area contributed by atoms with E-state index in [9.17, 15) is 0 Å². The summed E-state index contributed by atoms with van der Waals surface area (Å²) < 4.78 is 8.76. The molecule has 43 heavy (non-hydrogen) atoms. The van der Waals surface area contributed by atoms with Crippen LogP contribution in [0.1, 0.15) is 26.3 Å². The summed E-state index contributed by atoms with van der Waals surface area (Å²) in [6, 6.07) is 37.8. The molecule has 0 radical (unpaired) electrons. The first-order chi connectivity index (χ1) is 20.4. The van der Waals surface area contributed by atoms with Crippen molar-refractivity contribution in [2.75, 3.05) is 0 Å². The Balaban J connectivity index is 0.00000300. The molecule has 0 amide bonds. The summed E-state index contributed by atoms with van der Waals surface area (Å²) in [7, 11) is 0. The standard InChI is InChI=1S/C37H26N4O.Pt/c1-37(2,3)25-16-18-38-31(21-25)24-19-23-9-4-5-10-27(23)34(20-24)42-26-14-15-28-29(22-26)36-40-30-11-6-7-12-32(30)41(36)33-13-8-17-39-35(28)33;/h4-19,21H,1-3H3;/q-2;+2. The van der Waals surface area contributed by atoms with E-state index in [1.807, 2.05) is 54.9 Å². The molecule has 0 N–H and O–H groups in total. The Bertz CT molecular complexity index is 2340. The van der Waals surface area contributed by atoms with E-state index in [4.69, 9.17) is 19.7 Å². The summed E-state index contributed by atoms with van der Waals surface area (Å²) in [6.45, 7) is 6.62. The number of fused-ring (bicyclic) bond motifs is 9. The number of rotatable bonds is 3. The van der Waals surface area contributed by atoms with Gasteiger partial charge in [-0.2, -0.15) is 0 Å². The number of benzene rings is 4. The van der Waals surface area contributed by atoms with Gasteiger partial charge in [0.25, 0.3) is 0 Å². The minimum Gasteiger partial charge on any atom is -0.496 e. The van der Waals surface area contributed by atoms with Crippen LogP contribution in [0.15, 0.2) is 103 Å². The molecule has 0 aliphatic rings. The third-order valence-electron chi connectivity index (χ3n) is 7.85. The molecule has 4 aromatic heterocycles. The molecule has 4 heterocycles. The van der Waals surface area contributed by atoms with Gasteiger partial charge in [0, 0.05) is 18.1 Å². The van der Waals surface area contributed by atoms with Crippen molar-refractivity contribution in [1.82, 2.24) is 19.4 Å². The van der Waals surface area contributed by atoms with Gasteiger partial charge < -0.3 is 14.1 Å². The molecule has 0 bridgehead atoms. The monoisotopic (exact) mass is 737 g/mol. The molecular formula is C37H26N4OPt. The Morgan fingerprint density at radius 2 is 1.56 bits per heavy atom. The average molecular weight is 738 g/mol. The molecule has 0 unspecified atom stereocenters. The van der Waals surface area contributed by atoms with Crippen LogP contribution in [-0.4, -0.2) is 19.4 Å². The van der Waals surface area contributed by atoms with Crippen molar-refractivity contribution in [2.24, 2.45) is 0 Å². The summed E-state index contributed by atoms with van der Waals surface area (Å²) in [4.78, 5) is 14.4. The molecule has 0 saturated carbocycles. The van der Waals surface area contributed by atoms with Crippen molar-refractivity contribution in [2.45, 2.75) is 26.2 Å². The second kappa shape index (κ2) is 10.3. The van der Waals surface area contributed by atoms with E-state index >= 15 is 0 Å². The second-order valence-electron chi connectivity index (χ2n) is 11.6. The quantitative estimate of drug-likeness (QED) is 0.134. The van der Waals surface area contributed by atoms with E-state index in [-0.39, 0.29) is 26.5 Å². The molecule has 0 spiro atoms. The fraction of sp³-hybridized carbons (Fsp3) is 0.108. The van der Waals surface area contributed by atoms with Crippen LogP contribution in [0.4, 0.5) is 0 Å². The number of nitrogens with zero attached hydrogens (tertiary/aromatic N) is 4. The number of hydrogen-bond acceptors (Lipinski definition) is 4. The summed E-state index contributed by atoms with van der Waals surface area (Å²) in [5, 5.41) is 3.86. The molecule has 5 nitrogen and oxygen atoms in total. The molecular weight excluding hydrogens is 712 g/mol. The van der Waals surface area contributed by atoms with Crippen molar-refractivity contribution < 1.29 is 25.8 Å². The van der Waals surface area contributed by atoms with Gasteiger partial charge in [0.15, 0.2) is 0 Å². The predicted octanol–water partition coefficient (Wildman–Crippen LogP) is 9.09. The van der Waals surface area contributed by atoms with Gasteiger partial charge in [-0.1, -0.05) is 103 Å². The minimum absolute atomic E-state index is 0. The molecule has 4 aromatic carbocycles. The Morgan fingerprint density at radius 1 is 0.744 bits per heavy atom. The average Bonchev–Trinajstić information content (AvgIpc) is 3.41. The van der Waals surface area contributed by atoms with Gasteiger partial charge in [0.2, 0.25) is 0 Å². The van der Waals surface area contributed by atoms with Crippen LogP contribution in [0, 0.1) is 12.1 Å². The Morgan fingerprint density at radius 3 is 2.44 bits per heavy atom. The summed E-state index contributed by atoms with van der Waals surface area (Å²) >= 11 is 0. The van der Waals surface area contributed by atoms with Gasteiger partial charge in [0.1, 0.15) is 0 Å². The van der Waals surface area contributed by atoms with E-state index in [1.165, 1.54) is 5.56 Å². The SMILES string of the molecule is CC(C)(C)c1ccnc(-c2[c-]c(Oc3[c-]c4c(cc3)c3ncccc3n3c5ccccc5nc43)c3ccccc3c2)c1.[Pt+2]. The van der Waals surface area contributed by atoms with Gasteiger partial charge in [-0.15, -0.1) is 17.7 Å². The van der Waals surface area contributed by atoms with Crippen LogP contribution < -0.4 is 4.74 Å². The number of imidazole rings is 1. The third kappa shape index (κ3) is 4.56. The first kappa shape index (κ1) is 27.2. The smallest absolute Gasteiger partial charge is 0.496 e. The van der Waals surface area contributed by atoms with E-state index in [0.29, 0.717) is 11.5 Å². The molecule has 8 rings (SSSR count). The van der Waals surface area contributed by atoms with Crippen molar-refractivity contribution in [1.29, 1.82) is 0 Å². The predicted molar refractivity (Wildman–Crippen MR) is 169 cm³/mol. The van der Waals surface area contributed by atoms with Gasteiger partial charge in [-0.25, -0.2) is 0 Å². The molecule has 8 aromatic rings. The minimum atomic E-state index is 0. The molecule has 0 fully saturated rings. The van der Waals surface area contributed by atoms with Crippen molar-refractivity contribution >= 4 is 49.3 Å². The Labute approximate surface area is 263 Å². The molecule has 0 atom stereocenters.